The third kappa shape index (κ3) is 4.24. The number of nitrogens with one attached hydrogen (secondary N) is 1. The summed E-state index contributed by atoms with van der Waals surface area (Å²) in [6, 6.07) is 12.5. The minimum Gasteiger partial charge on any atom is -0.368 e. The molecule has 1 aliphatic rings. The summed E-state index contributed by atoms with van der Waals surface area (Å²) < 4.78 is 1.66. The predicted octanol–water partition coefficient (Wildman–Crippen LogP) is 4.06. The zero-order valence-electron chi connectivity index (χ0n) is 17.7. The molecule has 1 unspecified atom stereocenters. The van der Waals surface area contributed by atoms with Crippen molar-refractivity contribution in [2.45, 2.75) is 32.7 Å². The van der Waals surface area contributed by atoms with Crippen LogP contribution in [0.25, 0.3) is 16.9 Å². The van der Waals surface area contributed by atoms with Crippen molar-refractivity contribution in [2.75, 3.05) is 6.54 Å². The molecule has 1 atom stereocenters. The number of hydrogen-bond donors (Lipinski definition) is 2. The lowest BCUT2D eigenvalue weighted by atomic mass is 10.0. The molecule has 3 aromatic rings. The predicted molar refractivity (Wildman–Crippen MR) is 125 cm³/mol. The van der Waals surface area contributed by atoms with Crippen LogP contribution in [0.2, 0.25) is 10.0 Å². The van der Waals surface area contributed by atoms with E-state index in [4.69, 9.17) is 28.9 Å². The van der Waals surface area contributed by atoms with Gasteiger partial charge in [-0.25, -0.2) is 9.69 Å². The second-order valence-corrected chi connectivity index (χ2v) is 8.73. The molecule has 1 saturated heterocycles. The summed E-state index contributed by atoms with van der Waals surface area (Å²) in [5, 5.41) is 7.12. The molecule has 9 heteroatoms. The molecule has 0 aliphatic carbocycles. The van der Waals surface area contributed by atoms with E-state index in [0.29, 0.717) is 34.3 Å². The number of halogens is 2. The SMILES string of the molecule is Cc1ccc(-c2c(C)c(C(=O)NN3CCCC3C(N)=O)nn2-c2ccc(Cl)cc2Cl)cc1. The summed E-state index contributed by atoms with van der Waals surface area (Å²) in [5.41, 5.74) is 12.6. The molecule has 2 amide bonds. The van der Waals surface area contributed by atoms with E-state index < -0.39 is 17.9 Å². The average Bonchev–Trinajstić information content (AvgIpc) is 3.33. The first-order valence-electron chi connectivity index (χ1n) is 10.3. The van der Waals surface area contributed by atoms with E-state index >= 15 is 0 Å². The van der Waals surface area contributed by atoms with Crippen LogP contribution < -0.4 is 11.2 Å². The minimum absolute atomic E-state index is 0.238. The number of aryl methyl sites for hydroxylation is 1. The van der Waals surface area contributed by atoms with Gasteiger partial charge in [0.25, 0.3) is 5.91 Å². The molecule has 32 heavy (non-hydrogen) atoms. The van der Waals surface area contributed by atoms with Gasteiger partial charge in [0.2, 0.25) is 5.91 Å². The van der Waals surface area contributed by atoms with Gasteiger partial charge in [-0.3, -0.25) is 15.0 Å². The number of amides is 2. The highest BCUT2D eigenvalue weighted by Crippen LogP contribution is 2.33. The van der Waals surface area contributed by atoms with E-state index in [-0.39, 0.29) is 5.69 Å². The quantitative estimate of drug-likeness (QED) is 0.586. The zero-order valence-corrected chi connectivity index (χ0v) is 19.2. The molecule has 1 fully saturated rings. The number of primary amides is 1. The number of benzene rings is 2. The van der Waals surface area contributed by atoms with Gasteiger partial charge in [0.15, 0.2) is 5.69 Å². The van der Waals surface area contributed by atoms with E-state index in [2.05, 4.69) is 10.5 Å². The second-order valence-electron chi connectivity index (χ2n) is 7.89. The monoisotopic (exact) mass is 471 g/mol. The van der Waals surface area contributed by atoms with Crippen LogP contribution in [0, 0.1) is 13.8 Å². The second kappa shape index (κ2) is 8.94. The Bertz CT molecular complexity index is 1190. The lowest BCUT2D eigenvalue weighted by Gasteiger charge is -2.22. The molecule has 0 spiro atoms. The first kappa shape index (κ1) is 22.3. The van der Waals surface area contributed by atoms with Crippen LogP contribution in [-0.4, -0.2) is 39.2 Å². The Morgan fingerprint density at radius 2 is 1.84 bits per heavy atom. The molecule has 4 rings (SSSR count). The molecule has 166 valence electrons. The average molecular weight is 472 g/mol. The van der Waals surface area contributed by atoms with Gasteiger partial charge in [0.05, 0.1) is 16.4 Å². The van der Waals surface area contributed by atoms with Crippen LogP contribution in [0.5, 0.6) is 0 Å². The van der Waals surface area contributed by atoms with Gasteiger partial charge in [0.1, 0.15) is 6.04 Å². The summed E-state index contributed by atoms with van der Waals surface area (Å²) in [7, 11) is 0. The number of nitrogens with two attached hydrogens (primary N) is 1. The number of rotatable bonds is 5. The highest BCUT2D eigenvalue weighted by Gasteiger charge is 2.32. The van der Waals surface area contributed by atoms with Crippen LogP contribution >= 0.6 is 23.2 Å². The third-order valence-electron chi connectivity index (χ3n) is 5.63. The van der Waals surface area contributed by atoms with Gasteiger partial charge in [-0.2, -0.15) is 5.10 Å². The van der Waals surface area contributed by atoms with Crippen LogP contribution in [-0.2, 0) is 4.79 Å². The number of nitrogens with zero attached hydrogens (tertiary/aromatic N) is 3. The van der Waals surface area contributed by atoms with Gasteiger partial charge < -0.3 is 5.73 Å². The maximum absolute atomic E-state index is 13.2. The molecule has 2 heterocycles. The van der Waals surface area contributed by atoms with Crippen molar-refractivity contribution in [2.24, 2.45) is 5.73 Å². The summed E-state index contributed by atoms with van der Waals surface area (Å²) >= 11 is 12.6. The Labute approximate surface area is 196 Å². The maximum atomic E-state index is 13.2. The van der Waals surface area contributed by atoms with Crippen LogP contribution in [0.4, 0.5) is 0 Å². The van der Waals surface area contributed by atoms with Crippen LogP contribution in [0.3, 0.4) is 0 Å². The van der Waals surface area contributed by atoms with Crippen LogP contribution in [0.1, 0.15) is 34.5 Å². The Kier molecular flexibility index (Phi) is 6.24. The number of aromatic nitrogens is 2. The number of hydrogen-bond acceptors (Lipinski definition) is 4. The fraction of sp³-hybridized carbons (Fsp3) is 0.261. The van der Waals surface area contributed by atoms with Crippen molar-refractivity contribution in [3.05, 3.63) is 69.3 Å². The molecule has 1 aliphatic heterocycles. The van der Waals surface area contributed by atoms with Crippen molar-refractivity contribution in [1.82, 2.24) is 20.2 Å². The topological polar surface area (TPSA) is 93.2 Å². The van der Waals surface area contributed by atoms with Crippen molar-refractivity contribution >= 4 is 35.0 Å². The van der Waals surface area contributed by atoms with Crippen molar-refractivity contribution < 1.29 is 9.59 Å². The van der Waals surface area contributed by atoms with E-state index in [9.17, 15) is 9.59 Å². The molecule has 1 aromatic heterocycles. The van der Waals surface area contributed by atoms with E-state index in [1.54, 1.807) is 27.9 Å². The molecule has 7 nitrogen and oxygen atoms in total. The Morgan fingerprint density at radius 1 is 1.12 bits per heavy atom. The zero-order chi connectivity index (χ0) is 23.0. The maximum Gasteiger partial charge on any atom is 0.286 e. The summed E-state index contributed by atoms with van der Waals surface area (Å²) in [6.45, 7) is 4.40. The van der Waals surface area contributed by atoms with Crippen molar-refractivity contribution in [1.29, 1.82) is 0 Å². The Morgan fingerprint density at radius 3 is 2.50 bits per heavy atom. The number of hydrazine groups is 1. The van der Waals surface area contributed by atoms with Crippen molar-refractivity contribution in [3.63, 3.8) is 0 Å². The largest absolute Gasteiger partial charge is 0.368 e. The van der Waals surface area contributed by atoms with E-state index in [1.165, 1.54) is 0 Å². The smallest absolute Gasteiger partial charge is 0.286 e. The van der Waals surface area contributed by atoms with Gasteiger partial charge in [-0.05, 0) is 44.9 Å². The molecule has 2 aromatic carbocycles. The molecular formula is C23H23Cl2N5O2. The summed E-state index contributed by atoms with van der Waals surface area (Å²) in [5.74, 6) is -0.869. The fourth-order valence-electron chi connectivity index (χ4n) is 3.97. The molecule has 3 N–H and O–H groups in total. The molecular weight excluding hydrogens is 449 g/mol. The number of carbonyl (C=O) groups excluding carboxylic acids is 2. The van der Waals surface area contributed by atoms with Gasteiger partial charge in [0, 0.05) is 22.7 Å². The number of carbonyl (C=O) groups is 2. The van der Waals surface area contributed by atoms with Gasteiger partial charge in [-0.1, -0.05) is 53.0 Å². The van der Waals surface area contributed by atoms with E-state index in [0.717, 1.165) is 23.2 Å². The van der Waals surface area contributed by atoms with E-state index in [1.807, 2.05) is 38.1 Å². The molecule has 0 radical (unpaired) electrons. The highest BCUT2D eigenvalue weighted by atomic mass is 35.5. The lowest BCUT2D eigenvalue weighted by Crippen LogP contribution is -2.50. The summed E-state index contributed by atoms with van der Waals surface area (Å²) in [4.78, 5) is 24.9. The van der Waals surface area contributed by atoms with Gasteiger partial charge >= 0.3 is 0 Å². The van der Waals surface area contributed by atoms with Gasteiger partial charge in [-0.15, -0.1) is 0 Å². The minimum atomic E-state index is -0.524. The Balaban J connectivity index is 1.79. The molecule has 0 saturated carbocycles. The third-order valence-corrected chi connectivity index (χ3v) is 6.16. The molecule has 0 bridgehead atoms. The highest BCUT2D eigenvalue weighted by molar-refractivity contribution is 6.35. The normalized spacial score (nSPS) is 16.3. The van der Waals surface area contributed by atoms with Crippen molar-refractivity contribution in [3.8, 4) is 16.9 Å². The lowest BCUT2D eigenvalue weighted by molar-refractivity contribution is -0.122. The standard InChI is InChI=1S/C23H23Cl2N5O2/c1-13-5-7-15(8-6-13)21-14(2)20(23(32)28-29-11-3-4-19(29)22(26)31)27-30(21)18-10-9-16(24)12-17(18)25/h5-10,12,19H,3-4,11H2,1-2H3,(H2,26,31)(H,28,32). The fourth-order valence-corrected chi connectivity index (χ4v) is 4.46. The Hall–Kier alpha value is -2.87. The summed E-state index contributed by atoms with van der Waals surface area (Å²) in [6.07, 6.45) is 1.38. The van der Waals surface area contributed by atoms with Crippen LogP contribution in [0.15, 0.2) is 42.5 Å². The first-order valence-corrected chi connectivity index (χ1v) is 11.0. The first-order chi connectivity index (χ1) is 15.3.